The zero-order valence-electron chi connectivity index (χ0n) is 11.6. The second kappa shape index (κ2) is 5.88. The van der Waals surface area contributed by atoms with Crippen molar-refractivity contribution in [3.63, 3.8) is 0 Å². The maximum atomic E-state index is 12.5. The van der Waals surface area contributed by atoms with E-state index >= 15 is 0 Å². The fourth-order valence-electron chi connectivity index (χ4n) is 1.80. The Morgan fingerprint density at radius 1 is 1.05 bits per heavy atom. The molecule has 0 bridgehead atoms. The Hall–Kier alpha value is -1.03. The summed E-state index contributed by atoms with van der Waals surface area (Å²) in [4.78, 5) is 0. The molecule has 0 saturated heterocycles. The van der Waals surface area contributed by atoms with Crippen molar-refractivity contribution in [3.05, 3.63) is 41.8 Å². The predicted octanol–water partition coefficient (Wildman–Crippen LogP) is 4.62. The molecule has 9 heteroatoms. The summed E-state index contributed by atoms with van der Waals surface area (Å²) >= 11 is 1.18. The van der Waals surface area contributed by atoms with Gasteiger partial charge in [-0.2, -0.15) is 21.6 Å². The predicted molar refractivity (Wildman–Crippen MR) is 83.5 cm³/mol. The fourth-order valence-corrected chi connectivity index (χ4v) is 6.85. The van der Waals surface area contributed by atoms with Crippen LogP contribution >= 0.6 is 21.6 Å². The lowest BCUT2D eigenvalue weighted by Gasteiger charge is -2.30. The maximum Gasteiger partial charge on any atom is 0.523 e. The summed E-state index contributed by atoms with van der Waals surface area (Å²) in [5.41, 5.74) is -3.95. The molecule has 22 heavy (non-hydrogen) atoms. The summed E-state index contributed by atoms with van der Waals surface area (Å²) in [5, 5.41) is 1.70. The highest BCUT2D eigenvalue weighted by molar-refractivity contribution is 8.33. The van der Waals surface area contributed by atoms with E-state index in [0.29, 0.717) is 9.77 Å². The van der Waals surface area contributed by atoms with Crippen LogP contribution in [0.3, 0.4) is 0 Å². The Morgan fingerprint density at radius 3 is 2.18 bits per heavy atom. The van der Waals surface area contributed by atoms with Gasteiger partial charge in [0.15, 0.2) is 0 Å². The summed E-state index contributed by atoms with van der Waals surface area (Å²) in [6.07, 6.45) is 2.77. The molecule has 0 unspecified atom stereocenters. The lowest BCUT2D eigenvalue weighted by Crippen LogP contribution is -2.26. The molecule has 1 heterocycles. The second-order valence-corrected chi connectivity index (χ2v) is 10.7. The third-order valence-corrected chi connectivity index (χ3v) is 8.66. The molecule has 0 amide bonds. The van der Waals surface area contributed by atoms with Crippen LogP contribution in [0, 0.1) is 0 Å². The average Bonchev–Trinajstić information content (AvgIpc) is 2.87. The highest BCUT2D eigenvalue weighted by atomic mass is 32.3. The number of thiophene rings is 1. The van der Waals surface area contributed by atoms with E-state index in [4.69, 9.17) is 0 Å². The van der Waals surface area contributed by atoms with Crippen molar-refractivity contribution in [2.75, 3.05) is 12.5 Å². The third-order valence-electron chi connectivity index (χ3n) is 2.70. The maximum absolute atomic E-state index is 12.5. The smallest absolute Gasteiger partial charge is 0.208 e. The molecule has 0 radical (unpaired) electrons. The number of halogens is 3. The van der Waals surface area contributed by atoms with Crippen LogP contribution in [0.2, 0.25) is 0 Å². The first-order chi connectivity index (χ1) is 10.0. The Kier molecular flexibility index (Phi) is 4.63. The Balaban J connectivity index is 2.42. The normalized spacial score (nSPS) is 14.0. The second-order valence-electron chi connectivity index (χ2n) is 4.69. The summed E-state index contributed by atoms with van der Waals surface area (Å²) in [5.74, 6) is 0. The molecule has 122 valence electrons. The first kappa shape index (κ1) is 17.3. The summed E-state index contributed by atoms with van der Waals surface area (Å²) in [7, 11) is -8.26. The molecule has 2 aromatic rings. The highest BCUT2D eigenvalue weighted by Gasteiger charge is 2.50. The van der Waals surface area contributed by atoms with Crippen LogP contribution in [0.15, 0.2) is 46.0 Å². The minimum Gasteiger partial charge on any atom is -0.208 e. The van der Waals surface area contributed by atoms with Crippen LogP contribution in [-0.2, 0) is 13.7 Å². The first-order valence-electron chi connectivity index (χ1n) is 5.93. The van der Waals surface area contributed by atoms with E-state index in [2.05, 4.69) is 3.63 Å². The summed E-state index contributed by atoms with van der Waals surface area (Å²) in [6, 6.07) is 10.8. The van der Waals surface area contributed by atoms with Gasteiger partial charge in [0.05, 0.1) is 4.21 Å². The monoisotopic (exact) mass is 370 g/mol. The first-order valence-corrected chi connectivity index (χ1v) is 10.6. The molecule has 0 atom stereocenters. The highest BCUT2D eigenvalue weighted by Crippen LogP contribution is 2.58. The average molecular weight is 370 g/mol. The molecule has 0 spiro atoms. The molecule has 0 saturated carbocycles. The van der Waals surface area contributed by atoms with Crippen LogP contribution in [0.1, 0.15) is 0 Å². The Labute approximate surface area is 132 Å². The van der Waals surface area contributed by atoms with Crippen molar-refractivity contribution < 1.29 is 25.2 Å². The van der Waals surface area contributed by atoms with Crippen LogP contribution in [-0.4, -0.2) is 26.4 Å². The number of benzene rings is 1. The zero-order valence-corrected chi connectivity index (χ0v) is 14.1. The van der Waals surface area contributed by atoms with E-state index in [9.17, 15) is 21.6 Å². The number of hydrogen-bond acceptors (Lipinski definition) is 4. The van der Waals surface area contributed by atoms with E-state index in [1.54, 1.807) is 35.7 Å². The van der Waals surface area contributed by atoms with Gasteiger partial charge in [0.25, 0.3) is 0 Å². The summed E-state index contributed by atoms with van der Waals surface area (Å²) in [6.45, 7) is 0. The number of rotatable bonds is 4. The van der Waals surface area contributed by atoms with Gasteiger partial charge in [0.2, 0.25) is 0 Å². The van der Waals surface area contributed by atoms with Crippen LogP contribution in [0.4, 0.5) is 13.2 Å². The third kappa shape index (κ3) is 3.48. The Bertz CT molecular complexity index is 750. The quantitative estimate of drug-likeness (QED) is 0.738. The molecule has 1 aromatic heterocycles. The molecule has 3 nitrogen and oxygen atoms in total. The lowest BCUT2D eigenvalue weighted by molar-refractivity contribution is -0.0495. The van der Waals surface area contributed by atoms with Gasteiger partial charge in [-0.3, -0.25) is 0 Å². The molecular weight excluding hydrogens is 357 g/mol. The van der Waals surface area contributed by atoms with Crippen LogP contribution in [0.25, 0.3) is 11.1 Å². The van der Waals surface area contributed by atoms with Gasteiger partial charge in [0, 0.05) is 5.56 Å². The van der Waals surface area contributed by atoms with Gasteiger partial charge in [-0.1, -0.05) is 40.6 Å². The van der Waals surface area contributed by atoms with Gasteiger partial charge in [0.1, 0.15) is 0 Å². The zero-order chi connectivity index (χ0) is 16.6. The number of hydrogen-bond donors (Lipinski definition) is 0. The van der Waals surface area contributed by atoms with Crippen LogP contribution in [0.5, 0.6) is 0 Å². The standard InChI is InChI=1S/C13H13F3O3S3/c1-21(2,19-22(17,18)13(14,15)16)12-11(8-9-20-12)10-6-4-3-5-7-10/h3-9H,1-2H3. The molecule has 0 aliphatic rings. The molecular formula is C13H13F3O3S3. The minimum absolute atomic E-state index is 0.492. The molecule has 2 rings (SSSR count). The van der Waals surface area contributed by atoms with E-state index in [1.807, 2.05) is 6.07 Å². The van der Waals surface area contributed by atoms with E-state index in [-0.39, 0.29) is 0 Å². The topological polar surface area (TPSA) is 43.4 Å². The minimum atomic E-state index is -5.64. The van der Waals surface area contributed by atoms with Crippen molar-refractivity contribution in [1.82, 2.24) is 0 Å². The van der Waals surface area contributed by atoms with Gasteiger partial charge in [-0.25, -0.2) is 3.63 Å². The molecule has 0 aliphatic heterocycles. The molecule has 0 fully saturated rings. The van der Waals surface area contributed by atoms with Gasteiger partial charge < -0.3 is 0 Å². The van der Waals surface area contributed by atoms with Crippen molar-refractivity contribution >= 4 is 31.8 Å². The van der Waals surface area contributed by atoms with Crippen LogP contribution < -0.4 is 0 Å². The van der Waals surface area contributed by atoms with Crippen molar-refractivity contribution in [1.29, 1.82) is 0 Å². The van der Waals surface area contributed by atoms with Crippen molar-refractivity contribution in [2.45, 2.75) is 9.72 Å². The molecule has 0 N–H and O–H groups in total. The molecule has 0 aliphatic carbocycles. The van der Waals surface area contributed by atoms with Gasteiger partial charge >= 0.3 is 15.6 Å². The fraction of sp³-hybridized carbons (Fsp3) is 0.231. The van der Waals surface area contributed by atoms with Crippen molar-refractivity contribution in [3.8, 4) is 11.1 Å². The van der Waals surface area contributed by atoms with Gasteiger partial charge in [-0.15, -0.1) is 11.3 Å². The SMILES string of the molecule is CS(C)(OS(=O)(=O)C(F)(F)F)c1sccc1-c1ccccc1. The van der Waals surface area contributed by atoms with Crippen molar-refractivity contribution in [2.24, 2.45) is 0 Å². The largest absolute Gasteiger partial charge is 0.523 e. The molecule has 1 aromatic carbocycles. The number of alkyl halides is 3. The lowest BCUT2D eigenvalue weighted by atomic mass is 10.1. The van der Waals surface area contributed by atoms with E-state index < -0.39 is 25.9 Å². The summed E-state index contributed by atoms with van der Waals surface area (Å²) < 4.78 is 65.2. The van der Waals surface area contributed by atoms with E-state index in [1.165, 1.54) is 23.8 Å². The van der Waals surface area contributed by atoms with E-state index in [0.717, 1.165) is 5.56 Å². The van der Waals surface area contributed by atoms with Gasteiger partial charge in [-0.05, 0) is 29.5 Å². The Morgan fingerprint density at radius 2 is 1.64 bits per heavy atom.